The summed E-state index contributed by atoms with van der Waals surface area (Å²) in [6, 6.07) is 14.3. The zero-order valence-electron chi connectivity index (χ0n) is 11.0. The normalized spacial score (nSPS) is 10.0. The molecular formula is C16H15FN2. The molecule has 0 atom stereocenters. The zero-order valence-corrected chi connectivity index (χ0v) is 11.0. The molecule has 2 aromatic rings. The van der Waals surface area contributed by atoms with E-state index in [1.807, 2.05) is 37.1 Å². The summed E-state index contributed by atoms with van der Waals surface area (Å²) >= 11 is 0. The first kappa shape index (κ1) is 13.1. The number of benzene rings is 2. The molecule has 0 N–H and O–H groups in total. The van der Waals surface area contributed by atoms with E-state index in [-0.39, 0.29) is 5.82 Å². The minimum absolute atomic E-state index is 0.220. The summed E-state index contributed by atoms with van der Waals surface area (Å²) in [4.78, 5) is 2.05. The number of anilines is 1. The van der Waals surface area contributed by atoms with Crippen LogP contribution in [0.3, 0.4) is 0 Å². The Morgan fingerprint density at radius 1 is 1.21 bits per heavy atom. The van der Waals surface area contributed by atoms with E-state index < -0.39 is 0 Å². The third kappa shape index (κ3) is 3.11. The summed E-state index contributed by atoms with van der Waals surface area (Å²) in [6.45, 7) is 2.60. The zero-order chi connectivity index (χ0) is 13.8. The Morgan fingerprint density at radius 2 is 2.00 bits per heavy atom. The fourth-order valence-electron chi connectivity index (χ4n) is 2.15. The topological polar surface area (TPSA) is 27.0 Å². The second kappa shape index (κ2) is 5.53. The average molecular weight is 254 g/mol. The highest BCUT2D eigenvalue weighted by Crippen LogP contribution is 2.21. The Balaban J connectivity index is 2.21. The van der Waals surface area contributed by atoms with Crippen LogP contribution < -0.4 is 4.90 Å². The lowest BCUT2D eigenvalue weighted by Gasteiger charge is -2.21. The summed E-state index contributed by atoms with van der Waals surface area (Å²) in [7, 11) is 1.96. The van der Waals surface area contributed by atoms with Gasteiger partial charge in [0, 0.05) is 19.3 Å². The van der Waals surface area contributed by atoms with Gasteiger partial charge in [-0.3, -0.25) is 0 Å². The van der Waals surface area contributed by atoms with Gasteiger partial charge in [0.05, 0.1) is 11.6 Å². The van der Waals surface area contributed by atoms with Crippen LogP contribution >= 0.6 is 0 Å². The maximum absolute atomic E-state index is 13.1. The van der Waals surface area contributed by atoms with Crippen LogP contribution in [0.4, 0.5) is 10.1 Å². The van der Waals surface area contributed by atoms with Gasteiger partial charge in [-0.05, 0) is 48.4 Å². The van der Waals surface area contributed by atoms with E-state index in [1.165, 1.54) is 12.1 Å². The van der Waals surface area contributed by atoms with Crippen LogP contribution in [0.5, 0.6) is 0 Å². The van der Waals surface area contributed by atoms with Crippen molar-refractivity contribution in [3.63, 3.8) is 0 Å². The number of aryl methyl sites for hydroxylation is 1. The molecule has 2 aromatic carbocycles. The molecule has 0 aliphatic heterocycles. The molecule has 0 radical (unpaired) electrons. The van der Waals surface area contributed by atoms with Crippen molar-refractivity contribution >= 4 is 5.69 Å². The molecule has 19 heavy (non-hydrogen) atoms. The SMILES string of the molecule is Cc1cc(C#N)ccc1N(C)Cc1cccc(F)c1. The fourth-order valence-corrected chi connectivity index (χ4v) is 2.15. The number of hydrogen-bond acceptors (Lipinski definition) is 2. The number of nitriles is 1. The van der Waals surface area contributed by atoms with E-state index >= 15 is 0 Å². The van der Waals surface area contributed by atoms with Gasteiger partial charge >= 0.3 is 0 Å². The highest BCUT2D eigenvalue weighted by molar-refractivity contribution is 5.55. The molecule has 0 aliphatic carbocycles. The molecule has 0 saturated heterocycles. The Bertz CT molecular complexity index is 629. The highest BCUT2D eigenvalue weighted by Gasteiger charge is 2.06. The van der Waals surface area contributed by atoms with E-state index in [1.54, 1.807) is 12.1 Å². The van der Waals surface area contributed by atoms with Crippen molar-refractivity contribution < 1.29 is 4.39 Å². The molecule has 0 amide bonds. The molecule has 96 valence electrons. The quantitative estimate of drug-likeness (QED) is 0.836. The molecule has 0 aliphatic rings. The molecule has 3 heteroatoms. The molecule has 2 nitrogen and oxygen atoms in total. The van der Waals surface area contributed by atoms with Gasteiger partial charge in [0.15, 0.2) is 0 Å². The second-order valence-corrected chi connectivity index (χ2v) is 4.60. The van der Waals surface area contributed by atoms with E-state index in [9.17, 15) is 4.39 Å². The van der Waals surface area contributed by atoms with Gasteiger partial charge in [0.2, 0.25) is 0 Å². The molecule has 0 saturated carbocycles. The van der Waals surface area contributed by atoms with Crippen LogP contribution in [0.15, 0.2) is 42.5 Å². The van der Waals surface area contributed by atoms with Gasteiger partial charge < -0.3 is 4.90 Å². The van der Waals surface area contributed by atoms with Crippen molar-refractivity contribution in [1.29, 1.82) is 5.26 Å². The van der Waals surface area contributed by atoms with E-state index in [2.05, 4.69) is 6.07 Å². The average Bonchev–Trinajstić information content (AvgIpc) is 2.38. The van der Waals surface area contributed by atoms with E-state index in [0.717, 1.165) is 16.8 Å². The van der Waals surface area contributed by atoms with Crippen molar-refractivity contribution in [3.8, 4) is 6.07 Å². The lowest BCUT2D eigenvalue weighted by molar-refractivity contribution is 0.625. The maximum atomic E-state index is 13.1. The summed E-state index contributed by atoms with van der Waals surface area (Å²) < 4.78 is 13.1. The minimum atomic E-state index is -0.220. The van der Waals surface area contributed by atoms with Crippen molar-refractivity contribution in [3.05, 3.63) is 65.0 Å². The van der Waals surface area contributed by atoms with Crippen LogP contribution in [0.2, 0.25) is 0 Å². The first-order valence-electron chi connectivity index (χ1n) is 6.06. The monoisotopic (exact) mass is 254 g/mol. The Labute approximate surface area is 112 Å². The van der Waals surface area contributed by atoms with Crippen molar-refractivity contribution in [2.45, 2.75) is 13.5 Å². The third-order valence-electron chi connectivity index (χ3n) is 3.05. The summed E-state index contributed by atoms with van der Waals surface area (Å²) in [5, 5.41) is 8.85. The van der Waals surface area contributed by atoms with Gasteiger partial charge in [-0.2, -0.15) is 5.26 Å². The second-order valence-electron chi connectivity index (χ2n) is 4.60. The lowest BCUT2D eigenvalue weighted by atomic mass is 10.1. The molecule has 0 aromatic heterocycles. The first-order chi connectivity index (χ1) is 9.10. The molecule has 2 rings (SSSR count). The van der Waals surface area contributed by atoms with Gasteiger partial charge in [0.1, 0.15) is 5.82 Å². The van der Waals surface area contributed by atoms with Crippen LogP contribution in [0.25, 0.3) is 0 Å². The van der Waals surface area contributed by atoms with Crippen molar-refractivity contribution in [2.75, 3.05) is 11.9 Å². The van der Waals surface area contributed by atoms with Crippen molar-refractivity contribution in [2.24, 2.45) is 0 Å². The van der Waals surface area contributed by atoms with Crippen LogP contribution in [0.1, 0.15) is 16.7 Å². The maximum Gasteiger partial charge on any atom is 0.123 e. The standard InChI is InChI=1S/C16H15FN2/c1-12-8-13(10-18)6-7-16(12)19(2)11-14-4-3-5-15(17)9-14/h3-9H,11H2,1-2H3. The molecule has 0 bridgehead atoms. The summed E-state index contributed by atoms with van der Waals surface area (Å²) in [5.74, 6) is -0.220. The van der Waals surface area contributed by atoms with E-state index in [0.29, 0.717) is 12.1 Å². The number of hydrogen-bond donors (Lipinski definition) is 0. The Hall–Kier alpha value is -2.34. The van der Waals surface area contributed by atoms with Crippen LogP contribution in [-0.2, 0) is 6.54 Å². The minimum Gasteiger partial charge on any atom is -0.370 e. The van der Waals surface area contributed by atoms with Crippen molar-refractivity contribution in [1.82, 2.24) is 0 Å². The summed E-state index contributed by atoms with van der Waals surface area (Å²) in [6.07, 6.45) is 0. The molecular weight excluding hydrogens is 239 g/mol. The van der Waals surface area contributed by atoms with Gasteiger partial charge in [-0.15, -0.1) is 0 Å². The van der Waals surface area contributed by atoms with Gasteiger partial charge in [-0.25, -0.2) is 4.39 Å². The Kier molecular flexibility index (Phi) is 3.82. The van der Waals surface area contributed by atoms with Crippen LogP contribution in [0, 0.1) is 24.1 Å². The molecule has 0 spiro atoms. The number of nitrogens with zero attached hydrogens (tertiary/aromatic N) is 2. The third-order valence-corrected chi connectivity index (χ3v) is 3.05. The largest absolute Gasteiger partial charge is 0.370 e. The molecule has 0 fully saturated rings. The predicted molar refractivity (Wildman–Crippen MR) is 74.4 cm³/mol. The predicted octanol–water partition coefficient (Wildman–Crippen LogP) is 3.64. The van der Waals surface area contributed by atoms with Gasteiger partial charge in [0.25, 0.3) is 0 Å². The first-order valence-corrected chi connectivity index (χ1v) is 6.06. The highest BCUT2D eigenvalue weighted by atomic mass is 19.1. The van der Waals surface area contributed by atoms with Gasteiger partial charge in [-0.1, -0.05) is 12.1 Å². The number of halogens is 1. The van der Waals surface area contributed by atoms with E-state index in [4.69, 9.17) is 5.26 Å². The fraction of sp³-hybridized carbons (Fsp3) is 0.188. The smallest absolute Gasteiger partial charge is 0.123 e. The van der Waals surface area contributed by atoms with Crippen LogP contribution in [-0.4, -0.2) is 7.05 Å². The molecule has 0 unspecified atom stereocenters. The Morgan fingerprint density at radius 3 is 2.63 bits per heavy atom. The summed E-state index contributed by atoms with van der Waals surface area (Å²) in [5.41, 5.74) is 3.66. The lowest BCUT2D eigenvalue weighted by Crippen LogP contribution is -2.17. The molecule has 0 heterocycles. The number of rotatable bonds is 3.